The van der Waals surface area contributed by atoms with Gasteiger partial charge in [0.05, 0.1) is 11.9 Å². The van der Waals surface area contributed by atoms with E-state index in [1.165, 1.54) is 0 Å². The lowest BCUT2D eigenvalue weighted by atomic mass is 9.98. The Morgan fingerprint density at radius 1 is 0.929 bits per heavy atom. The van der Waals surface area contributed by atoms with Gasteiger partial charge in [-0.25, -0.2) is 10.5 Å². The quantitative estimate of drug-likeness (QED) is 0.581. The topological polar surface area (TPSA) is 69.9 Å². The van der Waals surface area contributed by atoms with Crippen molar-refractivity contribution < 1.29 is 0 Å². The van der Waals surface area contributed by atoms with Gasteiger partial charge in [-0.1, -0.05) is 30.3 Å². The highest BCUT2D eigenvalue weighted by Gasteiger charge is 2.17. The molecule has 28 heavy (non-hydrogen) atoms. The number of aryl methyl sites for hydroxylation is 1. The molecule has 0 fully saturated rings. The average molecular weight is 369 g/mol. The summed E-state index contributed by atoms with van der Waals surface area (Å²) in [6, 6.07) is 18.5. The molecule has 5 rings (SSSR count). The van der Waals surface area contributed by atoms with Crippen molar-refractivity contribution in [2.24, 2.45) is 5.10 Å². The molecule has 0 bridgehead atoms. The van der Waals surface area contributed by atoms with Crippen LogP contribution in [0.1, 0.15) is 11.4 Å². The maximum Gasteiger partial charge on any atom is 0.189 e. The van der Waals surface area contributed by atoms with Crippen LogP contribution in [0.4, 0.5) is 0 Å². The summed E-state index contributed by atoms with van der Waals surface area (Å²) in [5.41, 5.74) is 13.1. The molecule has 0 amide bonds. The van der Waals surface area contributed by atoms with E-state index in [0.717, 1.165) is 45.3 Å². The fraction of sp³-hybridized carbons (Fsp3) is 0.0952. The van der Waals surface area contributed by atoms with E-state index in [0.29, 0.717) is 0 Å². The summed E-state index contributed by atoms with van der Waals surface area (Å²) in [4.78, 5) is 9.21. The van der Waals surface area contributed by atoms with Crippen LogP contribution in [0.5, 0.6) is 0 Å². The first-order chi connectivity index (χ1) is 13.7. The van der Waals surface area contributed by atoms with Crippen molar-refractivity contribution >= 4 is 11.5 Å². The maximum absolute atomic E-state index is 4.71. The van der Waals surface area contributed by atoms with Gasteiger partial charge >= 0.3 is 0 Å². The highest BCUT2D eigenvalue weighted by atomic mass is 15.9. The number of imidazole rings is 1. The Labute approximate surface area is 162 Å². The van der Waals surface area contributed by atoms with Gasteiger partial charge in [0, 0.05) is 24.5 Å². The van der Waals surface area contributed by atoms with Gasteiger partial charge in [0.1, 0.15) is 11.3 Å². The number of hydrazone groups is 1. The Hall–Kier alpha value is -3.71. The second-order valence-corrected chi connectivity index (χ2v) is 6.73. The fourth-order valence-corrected chi connectivity index (χ4v) is 3.41. The number of nitrogens with one attached hydrogen (secondary N) is 2. The van der Waals surface area contributed by atoms with E-state index in [1.807, 2.05) is 54.9 Å². The molecule has 1 aliphatic heterocycles. The van der Waals surface area contributed by atoms with E-state index in [-0.39, 0.29) is 0 Å². The van der Waals surface area contributed by atoms with Crippen molar-refractivity contribution in [2.75, 3.05) is 7.05 Å². The van der Waals surface area contributed by atoms with Crippen molar-refractivity contribution in [1.82, 2.24) is 30.4 Å². The lowest BCUT2D eigenvalue weighted by Crippen LogP contribution is -2.38. The summed E-state index contributed by atoms with van der Waals surface area (Å²) in [5, 5.41) is 5.99. The van der Waals surface area contributed by atoms with Gasteiger partial charge in [-0.3, -0.25) is 14.8 Å². The van der Waals surface area contributed by atoms with Crippen molar-refractivity contribution in [3.63, 3.8) is 0 Å². The number of pyridine rings is 2. The van der Waals surface area contributed by atoms with Crippen LogP contribution in [0.2, 0.25) is 0 Å². The number of amidine groups is 1. The van der Waals surface area contributed by atoms with E-state index < -0.39 is 0 Å². The van der Waals surface area contributed by atoms with Crippen molar-refractivity contribution in [3.8, 4) is 22.4 Å². The first-order valence-corrected chi connectivity index (χ1v) is 9.04. The third-order valence-electron chi connectivity index (χ3n) is 4.74. The SMILES string of the molecule is Cc1cccc(-c2ccccc2-c2ccc3ncc(C4=NNN(C)N4)n3c2)n1. The predicted molar refractivity (Wildman–Crippen MR) is 109 cm³/mol. The van der Waals surface area contributed by atoms with Crippen molar-refractivity contribution in [3.05, 3.63) is 78.4 Å². The number of hydrogen-bond acceptors (Lipinski definition) is 6. The highest BCUT2D eigenvalue weighted by molar-refractivity contribution is 5.98. The standard InChI is InChI=1S/C21H19N7/c1-14-6-5-9-18(23-14)17-8-4-3-7-16(17)15-10-11-20-22-12-19(28(20)13-15)21-24-26-27(2)25-21/h3-13,26H,1-2H3,(H,24,25). The molecule has 0 aliphatic carbocycles. The molecule has 7 nitrogen and oxygen atoms in total. The average Bonchev–Trinajstić information content (AvgIpc) is 3.33. The van der Waals surface area contributed by atoms with Crippen molar-refractivity contribution in [2.45, 2.75) is 6.92 Å². The molecule has 3 aromatic heterocycles. The normalized spacial score (nSPS) is 14.0. The largest absolute Gasteiger partial charge is 0.296 e. The highest BCUT2D eigenvalue weighted by Crippen LogP contribution is 2.31. The zero-order chi connectivity index (χ0) is 19.1. The number of benzene rings is 1. The summed E-state index contributed by atoms with van der Waals surface area (Å²) < 4.78 is 2.04. The molecule has 0 saturated heterocycles. The second kappa shape index (κ2) is 6.47. The molecule has 2 N–H and O–H groups in total. The van der Waals surface area contributed by atoms with Gasteiger partial charge in [0.25, 0.3) is 0 Å². The molecule has 0 spiro atoms. The van der Waals surface area contributed by atoms with Crippen molar-refractivity contribution in [1.29, 1.82) is 0 Å². The van der Waals surface area contributed by atoms with Crippen LogP contribution in [-0.4, -0.2) is 32.4 Å². The number of aromatic nitrogens is 3. The van der Waals surface area contributed by atoms with E-state index in [2.05, 4.69) is 51.5 Å². The lowest BCUT2D eigenvalue weighted by Gasteiger charge is -2.11. The second-order valence-electron chi connectivity index (χ2n) is 6.73. The monoisotopic (exact) mass is 369 g/mol. The van der Waals surface area contributed by atoms with Gasteiger partial charge < -0.3 is 0 Å². The predicted octanol–water partition coefficient (Wildman–Crippen LogP) is 2.99. The van der Waals surface area contributed by atoms with E-state index in [1.54, 1.807) is 5.12 Å². The van der Waals surface area contributed by atoms with E-state index in [4.69, 9.17) is 4.98 Å². The van der Waals surface area contributed by atoms with Crippen LogP contribution in [0.25, 0.3) is 28.0 Å². The summed E-state index contributed by atoms with van der Waals surface area (Å²) in [7, 11) is 1.86. The fourth-order valence-electron chi connectivity index (χ4n) is 3.41. The van der Waals surface area contributed by atoms with Crippen LogP contribution in [-0.2, 0) is 0 Å². The smallest absolute Gasteiger partial charge is 0.189 e. The van der Waals surface area contributed by atoms with Gasteiger partial charge in [-0.15, -0.1) is 10.2 Å². The number of hydrazine groups is 2. The Morgan fingerprint density at radius 2 is 1.79 bits per heavy atom. The molecule has 1 aliphatic rings. The van der Waals surface area contributed by atoms with Crippen LogP contribution in [0.3, 0.4) is 0 Å². The number of rotatable bonds is 3. The van der Waals surface area contributed by atoms with Gasteiger partial charge in [0.15, 0.2) is 5.84 Å². The van der Waals surface area contributed by atoms with Crippen LogP contribution < -0.4 is 11.0 Å². The summed E-state index contributed by atoms with van der Waals surface area (Å²) in [6.07, 6.45) is 3.91. The maximum atomic E-state index is 4.71. The zero-order valence-electron chi connectivity index (χ0n) is 15.6. The van der Waals surface area contributed by atoms with Crippen LogP contribution in [0.15, 0.2) is 72.1 Å². The van der Waals surface area contributed by atoms with Crippen LogP contribution in [0, 0.1) is 6.92 Å². The third kappa shape index (κ3) is 2.78. The molecule has 0 unspecified atom stereocenters. The van der Waals surface area contributed by atoms with Gasteiger partial charge in [0.2, 0.25) is 0 Å². The Kier molecular flexibility index (Phi) is 3.80. The molecular formula is C21H19N7. The molecule has 4 heterocycles. The molecular weight excluding hydrogens is 350 g/mol. The summed E-state index contributed by atoms with van der Waals surface area (Å²) in [5.74, 6) is 0.723. The number of nitrogens with zero attached hydrogens (tertiary/aromatic N) is 5. The van der Waals surface area contributed by atoms with Gasteiger partial charge in [-0.05, 0) is 42.3 Å². The Balaban J connectivity index is 1.65. The Morgan fingerprint density at radius 3 is 2.57 bits per heavy atom. The molecule has 7 heteroatoms. The summed E-state index contributed by atoms with van der Waals surface area (Å²) >= 11 is 0. The molecule has 138 valence electrons. The minimum atomic E-state index is 0.723. The lowest BCUT2D eigenvalue weighted by molar-refractivity contribution is 0.231. The first kappa shape index (κ1) is 16.5. The minimum Gasteiger partial charge on any atom is -0.296 e. The molecule has 0 atom stereocenters. The third-order valence-corrected chi connectivity index (χ3v) is 4.74. The first-order valence-electron chi connectivity index (χ1n) is 9.04. The minimum absolute atomic E-state index is 0.723. The van der Waals surface area contributed by atoms with E-state index in [9.17, 15) is 0 Å². The molecule has 1 aromatic carbocycles. The van der Waals surface area contributed by atoms with Gasteiger partial charge in [-0.2, -0.15) is 0 Å². The molecule has 0 radical (unpaired) electrons. The van der Waals surface area contributed by atoms with Crippen LogP contribution >= 0.6 is 0 Å². The summed E-state index contributed by atoms with van der Waals surface area (Å²) in [6.45, 7) is 2.01. The Bertz CT molecular complexity index is 1210. The van der Waals surface area contributed by atoms with E-state index >= 15 is 0 Å². The molecule has 0 saturated carbocycles. The number of fused-ring (bicyclic) bond motifs is 1. The zero-order valence-corrected chi connectivity index (χ0v) is 15.6. The number of hydrogen-bond donors (Lipinski definition) is 2. The molecule has 4 aromatic rings.